The first-order chi connectivity index (χ1) is 16.6. The third kappa shape index (κ3) is 5.26. The largest absolute Gasteiger partial charge is 0.492 e. The second kappa shape index (κ2) is 9.83. The molecule has 1 atom stereocenters. The van der Waals surface area contributed by atoms with Crippen LogP contribution in [0.1, 0.15) is 54.7 Å². The summed E-state index contributed by atoms with van der Waals surface area (Å²) in [6, 6.07) is 5.18. The minimum Gasteiger partial charge on any atom is -0.492 e. The lowest BCUT2D eigenvalue weighted by atomic mass is 10.0. The van der Waals surface area contributed by atoms with Crippen molar-refractivity contribution in [2.24, 2.45) is 0 Å². The van der Waals surface area contributed by atoms with Crippen LogP contribution in [0.4, 0.5) is 4.39 Å². The Bertz CT molecular complexity index is 1290. The molecule has 1 saturated carbocycles. The molecule has 2 N–H and O–H groups in total. The summed E-state index contributed by atoms with van der Waals surface area (Å²) < 4.78 is 25.6. The monoisotopic (exact) mass is 520 g/mol. The van der Waals surface area contributed by atoms with Crippen molar-refractivity contribution in [1.29, 1.82) is 0 Å². The van der Waals surface area contributed by atoms with Crippen LogP contribution in [0.5, 0.6) is 5.75 Å². The highest BCUT2D eigenvalue weighted by Gasteiger charge is 2.52. The second-order valence-electron chi connectivity index (χ2n) is 8.34. The zero-order valence-electron chi connectivity index (χ0n) is 19.2. The van der Waals surface area contributed by atoms with E-state index in [1.54, 1.807) is 26.0 Å². The molecule has 8 nitrogen and oxygen atoms in total. The highest BCUT2D eigenvalue weighted by molar-refractivity contribution is 6.36. The Labute approximate surface area is 211 Å². The topological polar surface area (TPSA) is 106 Å². The first-order valence-electron chi connectivity index (χ1n) is 11.0. The van der Waals surface area contributed by atoms with Gasteiger partial charge in [0.05, 0.1) is 23.4 Å². The number of benzene rings is 1. The van der Waals surface area contributed by atoms with E-state index in [-0.39, 0.29) is 11.4 Å². The van der Waals surface area contributed by atoms with Crippen LogP contribution < -0.4 is 15.4 Å². The molecule has 1 aromatic carbocycles. The molecule has 1 aliphatic rings. The van der Waals surface area contributed by atoms with Gasteiger partial charge in [0.1, 0.15) is 22.9 Å². The maximum atomic E-state index is 15.1. The minimum absolute atomic E-state index is 0.0439. The Morgan fingerprint density at radius 2 is 2.00 bits per heavy atom. The molecule has 0 unspecified atom stereocenters. The molecule has 2 aromatic heterocycles. The van der Waals surface area contributed by atoms with Crippen molar-refractivity contribution < 1.29 is 23.2 Å². The number of aryl methyl sites for hydroxylation is 1. The number of carbonyl (C=O) groups excluding carboxylic acids is 2. The molecule has 0 saturated heterocycles. The number of carbonyl (C=O) groups is 2. The number of hydrogen-bond acceptors (Lipinski definition) is 6. The first kappa shape index (κ1) is 24.9. The van der Waals surface area contributed by atoms with Gasteiger partial charge in [-0.3, -0.25) is 14.6 Å². The van der Waals surface area contributed by atoms with Crippen LogP contribution in [-0.4, -0.2) is 34.1 Å². The molecular formula is C24H23Cl2FN4O4. The normalized spacial score (nSPS) is 14.8. The van der Waals surface area contributed by atoms with Crippen molar-refractivity contribution in [1.82, 2.24) is 20.8 Å². The van der Waals surface area contributed by atoms with Gasteiger partial charge in [0.15, 0.2) is 5.69 Å². The van der Waals surface area contributed by atoms with Gasteiger partial charge in [-0.05, 0) is 51.8 Å². The maximum Gasteiger partial charge on any atom is 0.274 e. The molecule has 0 spiro atoms. The van der Waals surface area contributed by atoms with E-state index >= 15 is 4.39 Å². The van der Waals surface area contributed by atoms with Crippen LogP contribution in [0.3, 0.4) is 0 Å². The van der Waals surface area contributed by atoms with Crippen molar-refractivity contribution in [3.63, 3.8) is 0 Å². The Balaban J connectivity index is 1.50. The van der Waals surface area contributed by atoms with Crippen LogP contribution in [0.2, 0.25) is 10.0 Å². The summed E-state index contributed by atoms with van der Waals surface area (Å²) in [5, 5.41) is 9.78. The summed E-state index contributed by atoms with van der Waals surface area (Å²) in [5.41, 5.74) is -0.0143. The number of hydrogen-bond donors (Lipinski definition) is 2. The van der Waals surface area contributed by atoms with Crippen LogP contribution in [0.25, 0.3) is 11.1 Å². The van der Waals surface area contributed by atoms with E-state index in [2.05, 4.69) is 20.8 Å². The van der Waals surface area contributed by atoms with E-state index in [9.17, 15) is 9.59 Å². The highest BCUT2D eigenvalue weighted by Crippen LogP contribution is 2.40. The van der Waals surface area contributed by atoms with Gasteiger partial charge in [-0.1, -0.05) is 28.4 Å². The van der Waals surface area contributed by atoms with Crippen LogP contribution in [0.15, 0.2) is 35.0 Å². The molecule has 2 amide bonds. The lowest BCUT2D eigenvalue weighted by Gasteiger charge is -2.21. The molecule has 184 valence electrons. The molecule has 0 aliphatic heterocycles. The maximum absolute atomic E-state index is 15.1. The zero-order valence-corrected chi connectivity index (χ0v) is 20.8. The van der Waals surface area contributed by atoms with Crippen LogP contribution in [0, 0.1) is 12.7 Å². The molecule has 0 bridgehead atoms. The van der Waals surface area contributed by atoms with Gasteiger partial charge < -0.3 is 19.9 Å². The van der Waals surface area contributed by atoms with E-state index in [4.69, 9.17) is 32.5 Å². The molecule has 1 aliphatic carbocycles. The van der Waals surface area contributed by atoms with Crippen LogP contribution >= 0.6 is 23.2 Å². The fraction of sp³-hybridized carbons (Fsp3) is 0.333. The fourth-order valence-electron chi connectivity index (χ4n) is 3.67. The van der Waals surface area contributed by atoms with Crippen molar-refractivity contribution >= 4 is 35.0 Å². The van der Waals surface area contributed by atoms with Gasteiger partial charge in [0.2, 0.25) is 5.91 Å². The lowest BCUT2D eigenvalue weighted by Crippen LogP contribution is -2.49. The minimum atomic E-state index is -1.07. The number of ether oxygens (including phenoxy) is 1. The Morgan fingerprint density at radius 1 is 1.26 bits per heavy atom. The number of nitrogens with zero attached hydrogens (tertiary/aromatic N) is 2. The third-order valence-electron chi connectivity index (χ3n) is 5.63. The van der Waals surface area contributed by atoms with Crippen molar-refractivity contribution in [2.45, 2.75) is 45.2 Å². The predicted octanol–water partition coefficient (Wildman–Crippen LogP) is 5.03. The van der Waals surface area contributed by atoms with E-state index in [0.717, 1.165) is 0 Å². The van der Waals surface area contributed by atoms with Gasteiger partial charge in [-0.25, -0.2) is 4.39 Å². The lowest BCUT2D eigenvalue weighted by molar-refractivity contribution is -0.124. The fourth-order valence-corrected chi connectivity index (χ4v) is 4.22. The van der Waals surface area contributed by atoms with Gasteiger partial charge in [-0.15, -0.1) is 0 Å². The molecule has 35 heavy (non-hydrogen) atoms. The molecule has 1 fully saturated rings. The smallest absolute Gasteiger partial charge is 0.274 e. The molecule has 11 heteroatoms. The number of rotatable bonds is 8. The Hall–Kier alpha value is -3.17. The SMILES string of the molecule is CCOc1c(Cl)cc(Cl)cc1-c1cnc([C@@H](C)NC(=O)C2(NC(=O)c3cc(C)on3)CC2)c(F)c1. The van der Waals surface area contributed by atoms with Gasteiger partial charge in [-0.2, -0.15) is 0 Å². The number of aromatic nitrogens is 2. The molecule has 4 rings (SSSR count). The standard InChI is InChI=1S/C24H23Cl2FN4O4/c1-4-34-21-16(9-15(25)10-17(21)26)14-8-18(27)20(28-11-14)13(3)29-23(33)24(5-6-24)30-22(32)19-7-12(2)35-31-19/h7-11,13H,4-6H2,1-3H3,(H,29,33)(H,30,32)/t13-/m1/s1. The van der Waals surface area contributed by atoms with Crippen molar-refractivity contribution in [3.05, 3.63) is 63.5 Å². The summed E-state index contributed by atoms with van der Waals surface area (Å²) >= 11 is 12.4. The summed E-state index contributed by atoms with van der Waals surface area (Å²) in [7, 11) is 0. The average molecular weight is 521 g/mol. The van der Waals surface area contributed by atoms with E-state index in [1.807, 2.05) is 6.92 Å². The summed E-state index contributed by atoms with van der Waals surface area (Å²) in [6.07, 6.45) is 2.38. The van der Waals surface area contributed by atoms with E-state index in [0.29, 0.717) is 52.1 Å². The number of halogens is 3. The van der Waals surface area contributed by atoms with Crippen molar-refractivity contribution in [2.75, 3.05) is 6.61 Å². The first-order valence-corrected chi connectivity index (χ1v) is 11.7. The average Bonchev–Trinajstić information content (AvgIpc) is 3.45. The van der Waals surface area contributed by atoms with Gasteiger partial charge >= 0.3 is 0 Å². The second-order valence-corrected chi connectivity index (χ2v) is 9.19. The van der Waals surface area contributed by atoms with Gasteiger partial charge in [0.25, 0.3) is 5.91 Å². The van der Waals surface area contributed by atoms with Crippen molar-refractivity contribution in [3.8, 4) is 16.9 Å². The Kier molecular flexibility index (Phi) is 7.00. The molecule has 3 aromatic rings. The van der Waals surface area contributed by atoms with E-state index < -0.39 is 29.2 Å². The molecular weight excluding hydrogens is 498 g/mol. The third-order valence-corrected chi connectivity index (χ3v) is 6.13. The zero-order chi connectivity index (χ0) is 25.3. The van der Waals surface area contributed by atoms with Gasteiger partial charge in [0, 0.05) is 28.4 Å². The summed E-state index contributed by atoms with van der Waals surface area (Å²) in [6.45, 7) is 5.45. The predicted molar refractivity (Wildman–Crippen MR) is 128 cm³/mol. The Morgan fingerprint density at radius 3 is 2.60 bits per heavy atom. The summed E-state index contributed by atoms with van der Waals surface area (Å²) in [4.78, 5) is 29.6. The number of nitrogens with one attached hydrogen (secondary N) is 2. The van der Waals surface area contributed by atoms with E-state index in [1.165, 1.54) is 18.3 Å². The number of pyridine rings is 1. The van der Waals surface area contributed by atoms with Crippen LogP contribution in [-0.2, 0) is 4.79 Å². The molecule has 2 heterocycles. The quantitative estimate of drug-likeness (QED) is 0.431. The number of amides is 2. The molecule has 0 radical (unpaired) electrons. The highest BCUT2D eigenvalue weighted by atomic mass is 35.5. The summed E-state index contributed by atoms with van der Waals surface area (Å²) in [5.74, 6) is -0.704.